The van der Waals surface area contributed by atoms with E-state index in [4.69, 9.17) is 4.42 Å². The minimum Gasteiger partial charge on any atom is -0.454 e. The summed E-state index contributed by atoms with van der Waals surface area (Å²) in [5.74, 6) is 0.737. The van der Waals surface area contributed by atoms with Crippen molar-refractivity contribution in [3.05, 3.63) is 46.2 Å². The number of amides is 1. The molecule has 1 unspecified atom stereocenters. The second kappa shape index (κ2) is 6.23. The van der Waals surface area contributed by atoms with Crippen LogP contribution in [0.3, 0.4) is 0 Å². The molecule has 1 aliphatic rings. The summed E-state index contributed by atoms with van der Waals surface area (Å²) in [6.07, 6.45) is 5.68. The van der Waals surface area contributed by atoms with Crippen molar-refractivity contribution in [2.75, 3.05) is 6.54 Å². The lowest BCUT2D eigenvalue weighted by Gasteiger charge is -2.32. The number of carbonyl (C=O) groups excluding carboxylic acids is 1. The zero-order valence-corrected chi connectivity index (χ0v) is 12.8. The minimum atomic E-state index is -0.502. The molecule has 122 valence electrons. The first kappa shape index (κ1) is 15.3. The molecular weight excluding hydrogens is 300 g/mol. The van der Waals surface area contributed by atoms with Crippen LogP contribution >= 0.6 is 0 Å². The fourth-order valence-electron chi connectivity index (χ4n) is 2.81. The molecule has 0 radical (unpaired) electrons. The maximum absolute atomic E-state index is 12.5. The maximum atomic E-state index is 12.5. The molecule has 0 aliphatic carbocycles. The first-order valence-electron chi connectivity index (χ1n) is 7.61. The number of nitrogens with zero attached hydrogens (tertiary/aromatic N) is 4. The SMILES string of the molecule is CC1CCCCN1C(=O)c1ccc(Cn2cc([N+](=O)[O-])cn2)o1. The van der Waals surface area contributed by atoms with Crippen molar-refractivity contribution in [1.82, 2.24) is 14.7 Å². The highest BCUT2D eigenvalue weighted by atomic mass is 16.6. The average molecular weight is 318 g/mol. The fraction of sp³-hybridized carbons (Fsp3) is 0.467. The molecule has 1 atom stereocenters. The lowest BCUT2D eigenvalue weighted by molar-refractivity contribution is -0.385. The molecule has 2 aromatic rings. The minimum absolute atomic E-state index is 0.0741. The standard InChI is InChI=1S/C15H18N4O4/c1-11-4-2-3-7-18(11)15(20)14-6-5-13(23-14)10-17-9-12(8-16-17)19(21)22/h5-6,8-9,11H,2-4,7,10H2,1H3. The number of hydrogen-bond acceptors (Lipinski definition) is 5. The number of nitro groups is 1. The normalized spacial score (nSPS) is 18.1. The van der Waals surface area contributed by atoms with Crippen molar-refractivity contribution in [3.8, 4) is 0 Å². The first-order valence-corrected chi connectivity index (χ1v) is 7.61. The molecule has 0 spiro atoms. The summed E-state index contributed by atoms with van der Waals surface area (Å²) in [7, 11) is 0. The van der Waals surface area contributed by atoms with E-state index in [-0.39, 0.29) is 24.2 Å². The number of likely N-dealkylation sites (tertiary alicyclic amines) is 1. The quantitative estimate of drug-likeness (QED) is 0.637. The Bertz CT molecular complexity index is 721. The Morgan fingerprint density at radius 1 is 1.48 bits per heavy atom. The van der Waals surface area contributed by atoms with Gasteiger partial charge in [0.2, 0.25) is 0 Å². The van der Waals surface area contributed by atoms with Crippen molar-refractivity contribution in [2.45, 2.75) is 38.8 Å². The Balaban J connectivity index is 1.69. The average Bonchev–Trinajstić information content (AvgIpc) is 3.17. The predicted octanol–water partition coefficient (Wildman–Crippen LogP) is 2.45. The summed E-state index contributed by atoms with van der Waals surface area (Å²) in [6, 6.07) is 3.57. The summed E-state index contributed by atoms with van der Waals surface area (Å²) in [4.78, 5) is 24.5. The van der Waals surface area contributed by atoms with Gasteiger partial charge in [-0.1, -0.05) is 0 Å². The number of rotatable bonds is 4. The molecule has 8 heteroatoms. The molecule has 0 bridgehead atoms. The molecule has 0 aromatic carbocycles. The number of furan rings is 1. The van der Waals surface area contributed by atoms with E-state index in [9.17, 15) is 14.9 Å². The highest BCUT2D eigenvalue weighted by molar-refractivity contribution is 5.91. The molecule has 3 heterocycles. The van der Waals surface area contributed by atoms with E-state index in [0.29, 0.717) is 11.5 Å². The van der Waals surface area contributed by atoms with Gasteiger partial charge in [-0.25, -0.2) is 0 Å². The molecule has 3 rings (SSSR count). The van der Waals surface area contributed by atoms with Gasteiger partial charge >= 0.3 is 5.69 Å². The summed E-state index contributed by atoms with van der Waals surface area (Å²) >= 11 is 0. The molecule has 23 heavy (non-hydrogen) atoms. The number of aromatic nitrogens is 2. The van der Waals surface area contributed by atoms with Crippen LogP contribution in [0.2, 0.25) is 0 Å². The van der Waals surface area contributed by atoms with E-state index in [0.717, 1.165) is 25.8 Å². The van der Waals surface area contributed by atoms with Gasteiger partial charge in [-0.15, -0.1) is 0 Å². The molecule has 1 saturated heterocycles. The van der Waals surface area contributed by atoms with Gasteiger partial charge < -0.3 is 9.32 Å². The van der Waals surface area contributed by atoms with E-state index in [2.05, 4.69) is 5.10 Å². The van der Waals surface area contributed by atoms with Crippen LogP contribution in [0.15, 0.2) is 28.9 Å². The molecule has 1 amide bonds. The Kier molecular flexibility index (Phi) is 4.14. The molecule has 2 aromatic heterocycles. The molecular formula is C15H18N4O4. The zero-order valence-electron chi connectivity index (χ0n) is 12.8. The van der Waals surface area contributed by atoms with E-state index < -0.39 is 4.92 Å². The second-order valence-corrected chi connectivity index (χ2v) is 5.76. The van der Waals surface area contributed by atoms with Gasteiger partial charge in [0.1, 0.15) is 18.2 Å². The zero-order chi connectivity index (χ0) is 16.4. The Labute approximate surface area is 132 Å². The molecule has 0 saturated carbocycles. The lowest BCUT2D eigenvalue weighted by Crippen LogP contribution is -2.41. The molecule has 8 nitrogen and oxygen atoms in total. The van der Waals surface area contributed by atoms with Gasteiger partial charge in [0.15, 0.2) is 5.76 Å². The monoisotopic (exact) mass is 318 g/mol. The van der Waals surface area contributed by atoms with Gasteiger partial charge in [-0.05, 0) is 38.3 Å². The van der Waals surface area contributed by atoms with E-state index >= 15 is 0 Å². The molecule has 0 N–H and O–H groups in total. The van der Waals surface area contributed by atoms with Crippen LogP contribution in [-0.2, 0) is 6.54 Å². The van der Waals surface area contributed by atoms with Crippen LogP contribution in [0.4, 0.5) is 5.69 Å². The summed E-state index contributed by atoms with van der Waals surface area (Å²) in [5.41, 5.74) is -0.0741. The molecule has 1 fully saturated rings. The van der Waals surface area contributed by atoms with Gasteiger partial charge in [0, 0.05) is 12.6 Å². The largest absolute Gasteiger partial charge is 0.454 e. The lowest BCUT2D eigenvalue weighted by atomic mass is 10.0. The smallest absolute Gasteiger partial charge is 0.307 e. The number of hydrogen-bond donors (Lipinski definition) is 0. The van der Waals surface area contributed by atoms with Crippen LogP contribution in [0.25, 0.3) is 0 Å². The third kappa shape index (κ3) is 3.25. The molecule has 1 aliphatic heterocycles. The van der Waals surface area contributed by atoms with Crippen molar-refractivity contribution in [3.63, 3.8) is 0 Å². The Hall–Kier alpha value is -2.64. The predicted molar refractivity (Wildman–Crippen MR) is 81.0 cm³/mol. The highest BCUT2D eigenvalue weighted by Crippen LogP contribution is 2.20. The van der Waals surface area contributed by atoms with Crippen LogP contribution in [0.5, 0.6) is 0 Å². The maximum Gasteiger partial charge on any atom is 0.307 e. The summed E-state index contributed by atoms with van der Waals surface area (Å²) in [5, 5.41) is 14.6. The summed E-state index contributed by atoms with van der Waals surface area (Å²) < 4.78 is 7.01. The number of carbonyl (C=O) groups is 1. The third-order valence-corrected chi connectivity index (χ3v) is 4.08. The van der Waals surface area contributed by atoms with Crippen molar-refractivity contribution in [1.29, 1.82) is 0 Å². The van der Waals surface area contributed by atoms with Gasteiger partial charge in [-0.3, -0.25) is 19.6 Å². The van der Waals surface area contributed by atoms with Gasteiger partial charge in [0.05, 0.1) is 11.5 Å². The van der Waals surface area contributed by atoms with E-state index in [1.54, 1.807) is 12.1 Å². The topological polar surface area (TPSA) is 94.4 Å². The first-order chi connectivity index (χ1) is 11.0. The Morgan fingerprint density at radius 3 is 3.00 bits per heavy atom. The third-order valence-electron chi connectivity index (χ3n) is 4.08. The van der Waals surface area contributed by atoms with E-state index in [1.807, 2.05) is 11.8 Å². The van der Waals surface area contributed by atoms with Crippen LogP contribution in [-0.4, -0.2) is 38.1 Å². The summed E-state index contributed by atoms with van der Waals surface area (Å²) in [6.45, 7) is 3.04. The van der Waals surface area contributed by atoms with E-state index in [1.165, 1.54) is 17.1 Å². The number of piperidine rings is 1. The fourth-order valence-corrected chi connectivity index (χ4v) is 2.81. The highest BCUT2D eigenvalue weighted by Gasteiger charge is 2.26. The van der Waals surface area contributed by atoms with Gasteiger partial charge in [0.25, 0.3) is 5.91 Å². The van der Waals surface area contributed by atoms with Gasteiger partial charge in [-0.2, -0.15) is 5.10 Å². The van der Waals surface area contributed by atoms with Crippen molar-refractivity contribution in [2.24, 2.45) is 0 Å². The van der Waals surface area contributed by atoms with Crippen molar-refractivity contribution >= 4 is 11.6 Å². The van der Waals surface area contributed by atoms with Crippen molar-refractivity contribution < 1.29 is 14.1 Å². The Morgan fingerprint density at radius 2 is 2.30 bits per heavy atom. The van der Waals surface area contributed by atoms with Crippen LogP contribution in [0, 0.1) is 10.1 Å². The van der Waals surface area contributed by atoms with Crippen LogP contribution < -0.4 is 0 Å². The van der Waals surface area contributed by atoms with Crippen LogP contribution in [0.1, 0.15) is 42.5 Å². The second-order valence-electron chi connectivity index (χ2n) is 5.76.